The SMILES string of the molecule is CC(C)Oc1cc(Br)c(Cl)cc1Cl. The molecule has 0 bridgehead atoms. The molecule has 72 valence electrons. The molecule has 0 heterocycles. The highest BCUT2D eigenvalue weighted by molar-refractivity contribution is 9.10. The minimum Gasteiger partial charge on any atom is -0.489 e. The third-order valence-corrected chi connectivity index (χ3v) is 2.83. The highest BCUT2D eigenvalue weighted by Gasteiger charge is 2.07. The first-order chi connectivity index (χ1) is 6.00. The van der Waals surface area contributed by atoms with Crippen LogP contribution in [0.15, 0.2) is 16.6 Å². The molecule has 0 aliphatic rings. The first-order valence-electron chi connectivity index (χ1n) is 3.82. The van der Waals surface area contributed by atoms with Gasteiger partial charge in [0.05, 0.1) is 16.1 Å². The normalized spacial score (nSPS) is 10.6. The van der Waals surface area contributed by atoms with E-state index in [-0.39, 0.29) is 6.10 Å². The third kappa shape index (κ3) is 3.04. The minimum absolute atomic E-state index is 0.102. The Bertz CT molecular complexity index is 313. The summed E-state index contributed by atoms with van der Waals surface area (Å²) in [5, 5.41) is 1.11. The molecule has 0 saturated carbocycles. The van der Waals surface area contributed by atoms with Gasteiger partial charge in [0.2, 0.25) is 0 Å². The van der Waals surface area contributed by atoms with Crippen molar-refractivity contribution in [2.75, 3.05) is 0 Å². The van der Waals surface area contributed by atoms with Gasteiger partial charge in [-0.3, -0.25) is 0 Å². The van der Waals surface area contributed by atoms with Crippen LogP contribution in [0.4, 0.5) is 0 Å². The van der Waals surface area contributed by atoms with Crippen molar-refractivity contribution < 1.29 is 4.74 Å². The largest absolute Gasteiger partial charge is 0.489 e. The van der Waals surface area contributed by atoms with Crippen molar-refractivity contribution in [3.8, 4) is 5.75 Å². The molecule has 0 amide bonds. The maximum Gasteiger partial charge on any atom is 0.139 e. The Morgan fingerprint density at radius 2 is 1.85 bits per heavy atom. The van der Waals surface area contributed by atoms with E-state index in [1.54, 1.807) is 12.1 Å². The van der Waals surface area contributed by atoms with E-state index in [1.165, 1.54) is 0 Å². The Morgan fingerprint density at radius 3 is 2.38 bits per heavy atom. The fourth-order valence-electron chi connectivity index (χ4n) is 0.849. The van der Waals surface area contributed by atoms with Gasteiger partial charge in [0, 0.05) is 4.47 Å². The number of hydrogen-bond acceptors (Lipinski definition) is 1. The van der Waals surface area contributed by atoms with Crippen LogP contribution >= 0.6 is 39.1 Å². The van der Waals surface area contributed by atoms with Crippen molar-refractivity contribution in [3.05, 3.63) is 26.7 Å². The molecule has 1 rings (SSSR count). The van der Waals surface area contributed by atoms with Gasteiger partial charge in [0.15, 0.2) is 0 Å². The summed E-state index contributed by atoms with van der Waals surface area (Å²) in [5.74, 6) is 0.646. The Morgan fingerprint density at radius 1 is 1.23 bits per heavy atom. The molecular weight excluding hydrogens is 275 g/mol. The second kappa shape index (κ2) is 4.54. The zero-order valence-electron chi connectivity index (χ0n) is 7.27. The molecule has 0 aliphatic heterocycles. The van der Waals surface area contributed by atoms with E-state index in [4.69, 9.17) is 27.9 Å². The molecule has 0 saturated heterocycles. The molecule has 1 aromatic carbocycles. The first kappa shape index (κ1) is 11.2. The van der Waals surface area contributed by atoms with Gasteiger partial charge in [-0.2, -0.15) is 0 Å². The maximum absolute atomic E-state index is 5.92. The van der Waals surface area contributed by atoms with Crippen LogP contribution in [0.25, 0.3) is 0 Å². The molecule has 0 unspecified atom stereocenters. The lowest BCUT2D eigenvalue weighted by Crippen LogP contribution is -2.05. The number of benzene rings is 1. The predicted octanol–water partition coefficient (Wildman–Crippen LogP) is 4.54. The molecule has 1 nitrogen and oxygen atoms in total. The number of hydrogen-bond donors (Lipinski definition) is 0. The number of ether oxygens (including phenoxy) is 1. The molecular formula is C9H9BrCl2O. The Kier molecular flexibility index (Phi) is 3.89. The highest BCUT2D eigenvalue weighted by Crippen LogP contribution is 2.34. The predicted molar refractivity (Wildman–Crippen MR) is 59.9 cm³/mol. The Hall–Kier alpha value is 0.0800. The average Bonchev–Trinajstić information content (AvgIpc) is 1.99. The molecule has 0 N–H and O–H groups in total. The van der Waals surface area contributed by atoms with Crippen molar-refractivity contribution in [2.24, 2.45) is 0 Å². The lowest BCUT2D eigenvalue weighted by atomic mass is 10.3. The first-order valence-corrected chi connectivity index (χ1v) is 5.37. The number of rotatable bonds is 2. The van der Waals surface area contributed by atoms with Crippen LogP contribution in [0, 0.1) is 0 Å². The quantitative estimate of drug-likeness (QED) is 0.724. The van der Waals surface area contributed by atoms with Crippen LogP contribution in [0.3, 0.4) is 0 Å². The van der Waals surface area contributed by atoms with E-state index in [9.17, 15) is 0 Å². The lowest BCUT2D eigenvalue weighted by Gasteiger charge is -2.11. The van der Waals surface area contributed by atoms with E-state index in [0.29, 0.717) is 15.8 Å². The van der Waals surface area contributed by atoms with Crippen LogP contribution < -0.4 is 4.74 Å². The van der Waals surface area contributed by atoms with Crippen LogP contribution in [0.2, 0.25) is 10.0 Å². The van der Waals surface area contributed by atoms with Crippen LogP contribution in [-0.4, -0.2) is 6.10 Å². The molecule has 0 atom stereocenters. The van der Waals surface area contributed by atoms with E-state index >= 15 is 0 Å². The van der Waals surface area contributed by atoms with Gasteiger partial charge in [0.25, 0.3) is 0 Å². The topological polar surface area (TPSA) is 9.23 Å². The van der Waals surface area contributed by atoms with Crippen LogP contribution in [0.5, 0.6) is 5.75 Å². The van der Waals surface area contributed by atoms with Gasteiger partial charge in [-0.25, -0.2) is 0 Å². The molecule has 13 heavy (non-hydrogen) atoms. The Labute approximate surface area is 96.1 Å². The van der Waals surface area contributed by atoms with Crippen molar-refractivity contribution in [3.63, 3.8) is 0 Å². The van der Waals surface area contributed by atoms with Gasteiger partial charge < -0.3 is 4.74 Å². The van der Waals surface area contributed by atoms with Crippen molar-refractivity contribution in [1.29, 1.82) is 0 Å². The average molecular weight is 284 g/mol. The summed E-state index contributed by atoms with van der Waals surface area (Å²) in [6, 6.07) is 3.43. The summed E-state index contributed by atoms with van der Waals surface area (Å²) in [6.07, 6.45) is 0.102. The zero-order valence-corrected chi connectivity index (χ0v) is 10.4. The molecule has 0 radical (unpaired) electrons. The standard InChI is InChI=1S/C9H9BrCl2O/c1-5(2)13-9-3-6(10)7(11)4-8(9)12/h3-5H,1-2H3. The van der Waals surface area contributed by atoms with Gasteiger partial charge >= 0.3 is 0 Å². The fourth-order valence-corrected chi connectivity index (χ4v) is 1.60. The lowest BCUT2D eigenvalue weighted by molar-refractivity contribution is 0.242. The van der Waals surface area contributed by atoms with Gasteiger partial charge in [-0.1, -0.05) is 23.2 Å². The van der Waals surface area contributed by atoms with Crippen LogP contribution in [0.1, 0.15) is 13.8 Å². The van der Waals surface area contributed by atoms with E-state index < -0.39 is 0 Å². The summed E-state index contributed by atoms with van der Waals surface area (Å²) in [4.78, 5) is 0. The maximum atomic E-state index is 5.92. The molecule has 4 heteroatoms. The minimum atomic E-state index is 0.102. The third-order valence-electron chi connectivity index (χ3n) is 1.34. The fraction of sp³-hybridized carbons (Fsp3) is 0.333. The second-order valence-corrected chi connectivity index (χ2v) is 4.53. The summed E-state index contributed by atoms with van der Waals surface area (Å²) in [5.41, 5.74) is 0. The van der Waals surface area contributed by atoms with Crippen molar-refractivity contribution >= 4 is 39.1 Å². The summed E-state index contributed by atoms with van der Waals surface area (Å²) in [6.45, 7) is 3.89. The summed E-state index contributed by atoms with van der Waals surface area (Å²) in [7, 11) is 0. The van der Waals surface area contributed by atoms with E-state index in [2.05, 4.69) is 15.9 Å². The number of halogens is 3. The van der Waals surface area contributed by atoms with Gasteiger partial charge in [0.1, 0.15) is 5.75 Å². The van der Waals surface area contributed by atoms with Gasteiger partial charge in [-0.15, -0.1) is 0 Å². The second-order valence-electron chi connectivity index (χ2n) is 2.86. The summed E-state index contributed by atoms with van der Waals surface area (Å²) >= 11 is 15.1. The monoisotopic (exact) mass is 282 g/mol. The highest BCUT2D eigenvalue weighted by atomic mass is 79.9. The van der Waals surface area contributed by atoms with Crippen LogP contribution in [-0.2, 0) is 0 Å². The Balaban J connectivity index is 3.01. The molecule has 0 spiro atoms. The van der Waals surface area contributed by atoms with Crippen molar-refractivity contribution in [1.82, 2.24) is 0 Å². The van der Waals surface area contributed by atoms with E-state index in [0.717, 1.165) is 4.47 Å². The molecule has 0 aromatic heterocycles. The van der Waals surface area contributed by atoms with E-state index in [1.807, 2.05) is 13.8 Å². The smallest absolute Gasteiger partial charge is 0.139 e. The zero-order chi connectivity index (χ0) is 10.0. The molecule has 1 aromatic rings. The molecule has 0 aliphatic carbocycles. The van der Waals surface area contributed by atoms with Crippen molar-refractivity contribution in [2.45, 2.75) is 20.0 Å². The van der Waals surface area contributed by atoms with Gasteiger partial charge in [-0.05, 0) is 41.9 Å². The molecule has 0 fully saturated rings. The summed E-state index contributed by atoms with van der Waals surface area (Å²) < 4.78 is 6.25.